The highest BCUT2D eigenvalue weighted by Gasteiger charge is 2.35. The van der Waals surface area contributed by atoms with Crippen molar-refractivity contribution in [2.75, 3.05) is 0 Å². The number of hydrogen-bond donors (Lipinski definition) is 0. The fraction of sp³-hybridized carbons (Fsp3) is 0.875. The Bertz CT molecular complexity index is 200. The molecule has 0 aromatic carbocycles. The summed E-state index contributed by atoms with van der Waals surface area (Å²) in [6.45, 7) is 4.20. The van der Waals surface area contributed by atoms with Gasteiger partial charge in [0, 0.05) is 0 Å². The molecule has 92 valence electrons. The average molecular weight is 220 g/mol. The molecule has 0 heterocycles. The molecule has 0 amide bonds. The van der Waals surface area contributed by atoms with Crippen LogP contribution in [0.4, 0.5) is 0 Å². The lowest BCUT2D eigenvalue weighted by Gasteiger charge is -2.38. The molecular weight excluding hydrogens is 192 g/mol. The molecule has 2 saturated carbocycles. The van der Waals surface area contributed by atoms with Crippen molar-refractivity contribution in [1.29, 1.82) is 0 Å². The molecule has 0 radical (unpaired) electrons. The van der Waals surface area contributed by atoms with Gasteiger partial charge in [0.2, 0.25) is 0 Å². The van der Waals surface area contributed by atoms with E-state index in [1.54, 1.807) is 0 Å². The van der Waals surface area contributed by atoms with Crippen LogP contribution in [-0.4, -0.2) is 0 Å². The van der Waals surface area contributed by atoms with Crippen molar-refractivity contribution in [2.45, 2.75) is 77.0 Å². The van der Waals surface area contributed by atoms with Gasteiger partial charge in [-0.25, -0.2) is 0 Å². The molecule has 0 bridgehead atoms. The molecule has 0 aliphatic heterocycles. The van der Waals surface area contributed by atoms with Crippen LogP contribution in [0.25, 0.3) is 0 Å². The molecule has 2 fully saturated rings. The smallest absolute Gasteiger partial charge is 0.00927 e. The predicted molar refractivity (Wildman–Crippen MR) is 71.5 cm³/mol. The van der Waals surface area contributed by atoms with Crippen LogP contribution >= 0.6 is 0 Å². The van der Waals surface area contributed by atoms with Crippen molar-refractivity contribution < 1.29 is 0 Å². The second-order valence-corrected chi connectivity index (χ2v) is 6.04. The summed E-state index contributed by atoms with van der Waals surface area (Å²) in [6.07, 6.45) is 19.9. The van der Waals surface area contributed by atoms with Gasteiger partial charge in [0.15, 0.2) is 0 Å². The Kier molecular flexibility index (Phi) is 4.49. The molecule has 2 aliphatic rings. The standard InChI is InChI=1S/C16H28/c1-2-16(13-9-5-6-10-14-16)15-11-7-3-4-8-12-15/h2,15H,1,3-14H2. The highest BCUT2D eigenvalue weighted by Crippen LogP contribution is 2.47. The summed E-state index contributed by atoms with van der Waals surface area (Å²) in [5.74, 6) is 0.964. The summed E-state index contributed by atoms with van der Waals surface area (Å²) >= 11 is 0. The van der Waals surface area contributed by atoms with Crippen molar-refractivity contribution in [3.8, 4) is 0 Å². The summed E-state index contributed by atoms with van der Waals surface area (Å²) in [4.78, 5) is 0. The predicted octanol–water partition coefficient (Wildman–Crippen LogP) is 5.48. The third-order valence-corrected chi connectivity index (χ3v) is 5.11. The molecule has 0 aromatic heterocycles. The quantitative estimate of drug-likeness (QED) is 0.427. The van der Waals surface area contributed by atoms with Crippen LogP contribution in [0.3, 0.4) is 0 Å². The van der Waals surface area contributed by atoms with Crippen molar-refractivity contribution in [1.82, 2.24) is 0 Å². The molecule has 2 rings (SSSR count). The van der Waals surface area contributed by atoms with E-state index in [1.807, 2.05) is 0 Å². The zero-order valence-electron chi connectivity index (χ0n) is 10.8. The van der Waals surface area contributed by atoms with Gasteiger partial charge in [0.25, 0.3) is 0 Å². The van der Waals surface area contributed by atoms with Crippen LogP contribution in [-0.2, 0) is 0 Å². The Labute approximate surface area is 102 Å². The molecule has 0 spiro atoms. The molecule has 0 saturated heterocycles. The van der Waals surface area contributed by atoms with E-state index in [9.17, 15) is 0 Å². The number of allylic oxidation sites excluding steroid dienone is 1. The third-order valence-electron chi connectivity index (χ3n) is 5.11. The van der Waals surface area contributed by atoms with Crippen LogP contribution in [0.15, 0.2) is 12.7 Å². The minimum atomic E-state index is 0.529. The zero-order valence-corrected chi connectivity index (χ0v) is 10.8. The van der Waals surface area contributed by atoms with Crippen molar-refractivity contribution >= 4 is 0 Å². The second kappa shape index (κ2) is 5.89. The van der Waals surface area contributed by atoms with Gasteiger partial charge in [-0.1, -0.05) is 57.4 Å². The van der Waals surface area contributed by atoms with E-state index in [1.165, 1.54) is 77.0 Å². The first kappa shape index (κ1) is 12.2. The molecule has 2 aliphatic carbocycles. The Balaban J connectivity index is 2.07. The Morgan fingerprint density at radius 3 is 1.75 bits per heavy atom. The molecule has 16 heavy (non-hydrogen) atoms. The summed E-state index contributed by atoms with van der Waals surface area (Å²) < 4.78 is 0. The minimum absolute atomic E-state index is 0.529. The van der Waals surface area contributed by atoms with Crippen LogP contribution in [0.5, 0.6) is 0 Å². The Morgan fingerprint density at radius 1 is 0.750 bits per heavy atom. The lowest BCUT2D eigenvalue weighted by Crippen LogP contribution is -2.27. The van der Waals surface area contributed by atoms with Gasteiger partial charge >= 0.3 is 0 Å². The number of hydrogen-bond acceptors (Lipinski definition) is 0. The van der Waals surface area contributed by atoms with E-state index >= 15 is 0 Å². The molecule has 0 nitrogen and oxygen atoms in total. The summed E-state index contributed by atoms with van der Waals surface area (Å²) in [5, 5.41) is 0. The molecule has 0 atom stereocenters. The monoisotopic (exact) mass is 220 g/mol. The third kappa shape index (κ3) is 2.70. The van der Waals surface area contributed by atoms with Crippen molar-refractivity contribution in [3.05, 3.63) is 12.7 Å². The second-order valence-electron chi connectivity index (χ2n) is 6.04. The van der Waals surface area contributed by atoms with E-state index in [0.29, 0.717) is 5.41 Å². The van der Waals surface area contributed by atoms with E-state index in [0.717, 1.165) is 5.92 Å². The largest absolute Gasteiger partial charge is 0.103 e. The van der Waals surface area contributed by atoms with Gasteiger partial charge in [-0.3, -0.25) is 0 Å². The molecular formula is C16H28. The summed E-state index contributed by atoms with van der Waals surface area (Å²) in [6, 6.07) is 0. The molecule has 0 heteroatoms. The van der Waals surface area contributed by atoms with Gasteiger partial charge < -0.3 is 0 Å². The summed E-state index contributed by atoms with van der Waals surface area (Å²) in [5.41, 5.74) is 0.529. The van der Waals surface area contributed by atoms with Crippen LogP contribution in [0, 0.1) is 11.3 Å². The Morgan fingerprint density at radius 2 is 1.25 bits per heavy atom. The SMILES string of the molecule is C=CC1(C2CCCCCC2)CCCCCC1. The molecule has 0 N–H and O–H groups in total. The molecule has 0 unspecified atom stereocenters. The van der Waals surface area contributed by atoms with Gasteiger partial charge in [-0.05, 0) is 37.0 Å². The van der Waals surface area contributed by atoms with E-state index in [4.69, 9.17) is 0 Å². The van der Waals surface area contributed by atoms with Gasteiger partial charge in [-0.15, -0.1) is 6.58 Å². The van der Waals surface area contributed by atoms with E-state index < -0.39 is 0 Å². The normalized spacial score (nSPS) is 28.0. The van der Waals surface area contributed by atoms with Crippen LogP contribution < -0.4 is 0 Å². The van der Waals surface area contributed by atoms with Crippen LogP contribution in [0.2, 0.25) is 0 Å². The first-order valence-electron chi connectivity index (χ1n) is 7.51. The highest BCUT2D eigenvalue weighted by atomic mass is 14.4. The fourth-order valence-electron chi connectivity index (χ4n) is 4.02. The lowest BCUT2D eigenvalue weighted by molar-refractivity contribution is 0.176. The average Bonchev–Trinajstić information content (AvgIpc) is 2.72. The summed E-state index contributed by atoms with van der Waals surface area (Å²) in [7, 11) is 0. The first-order valence-corrected chi connectivity index (χ1v) is 7.51. The van der Waals surface area contributed by atoms with Gasteiger partial charge in [0.1, 0.15) is 0 Å². The van der Waals surface area contributed by atoms with Gasteiger partial charge in [0.05, 0.1) is 0 Å². The van der Waals surface area contributed by atoms with Gasteiger partial charge in [-0.2, -0.15) is 0 Å². The zero-order chi connectivity index (χ0) is 11.3. The van der Waals surface area contributed by atoms with Crippen LogP contribution in [0.1, 0.15) is 77.0 Å². The minimum Gasteiger partial charge on any atom is -0.103 e. The van der Waals surface area contributed by atoms with Crippen molar-refractivity contribution in [2.24, 2.45) is 11.3 Å². The fourth-order valence-corrected chi connectivity index (χ4v) is 4.02. The Hall–Kier alpha value is -0.260. The maximum atomic E-state index is 4.20. The van der Waals surface area contributed by atoms with Crippen molar-refractivity contribution in [3.63, 3.8) is 0 Å². The lowest BCUT2D eigenvalue weighted by atomic mass is 9.67. The molecule has 0 aromatic rings. The van der Waals surface area contributed by atoms with E-state index in [2.05, 4.69) is 12.7 Å². The maximum Gasteiger partial charge on any atom is -0.00927 e. The number of rotatable bonds is 2. The highest BCUT2D eigenvalue weighted by molar-refractivity contribution is 5.00. The topological polar surface area (TPSA) is 0 Å². The van der Waals surface area contributed by atoms with E-state index in [-0.39, 0.29) is 0 Å². The maximum absolute atomic E-state index is 4.20. The first-order chi connectivity index (χ1) is 7.87.